The van der Waals surface area contributed by atoms with E-state index in [1.165, 1.54) is 4.90 Å². The number of carbonyl (C=O) groups is 2. The van der Waals surface area contributed by atoms with Gasteiger partial charge < -0.3 is 4.90 Å². The van der Waals surface area contributed by atoms with Crippen LogP contribution in [0.3, 0.4) is 0 Å². The molecular formula is C20H17ClN4O2. The Bertz CT molecular complexity index is 962. The van der Waals surface area contributed by atoms with Crippen molar-refractivity contribution in [3.05, 3.63) is 58.4 Å². The maximum Gasteiger partial charge on any atom is 0.332 e. The monoisotopic (exact) mass is 380 g/mol. The van der Waals surface area contributed by atoms with E-state index in [1.807, 2.05) is 12.1 Å². The standard InChI is InChI=1S/C20H17ClN4O2/c1-13-9-16(10-17(21)23-13)25-18(26)20(7-2-8-24(20)19(25)27)11-14-3-5-15(12-22)6-4-14/h3-6,9-10H,2,7-8,11H2,1H3. The minimum atomic E-state index is -0.880. The lowest BCUT2D eigenvalue weighted by molar-refractivity contribution is -0.123. The molecule has 0 spiro atoms. The fourth-order valence-electron chi connectivity index (χ4n) is 4.06. The minimum absolute atomic E-state index is 0.226. The van der Waals surface area contributed by atoms with Gasteiger partial charge in [-0.3, -0.25) is 4.79 Å². The van der Waals surface area contributed by atoms with Crippen molar-refractivity contribution >= 4 is 29.2 Å². The molecule has 2 saturated heterocycles. The third-order valence-electron chi connectivity index (χ3n) is 5.26. The summed E-state index contributed by atoms with van der Waals surface area (Å²) in [6.07, 6.45) is 1.83. The number of pyridine rings is 1. The van der Waals surface area contributed by atoms with E-state index in [4.69, 9.17) is 16.9 Å². The number of imide groups is 1. The summed E-state index contributed by atoms with van der Waals surface area (Å²) in [5.74, 6) is -0.226. The van der Waals surface area contributed by atoms with Gasteiger partial charge in [-0.15, -0.1) is 0 Å². The summed E-state index contributed by atoms with van der Waals surface area (Å²) in [5, 5.41) is 9.21. The van der Waals surface area contributed by atoms with Gasteiger partial charge in [0.1, 0.15) is 10.7 Å². The van der Waals surface area contributed by atoms with Crippen LogP contribution in [-0.4, -0.2) is 33.9 Å². The summed E-state index contributed by atoms with van der Waals surface area (Å²) in [7, 11) is 0. The Morgan fingerprint density at radius 2 is 2.00 bits per heavy atom. The molecular weight excluding hydrogens is 364 g/mol. The second-order valence-electron chi connectivity index (χ2n) is 6.98. The molecule has 0 saturated carbocycles. The first-order chi connectivity index (χ1) is 12.9. The molecule has 1 unspecified atom stereocenters. The number of carbonyl (C=O) groups excluding carboxylic acids is 2. The Kier molecular flexibility index (Phi) is 4.12. The van der Waals surface area contributed by atoms with Gasteiger partial charge in [-0.2, -0.15) is 5.26 Å². The first kappa shape index (κ1) is 17.5. The number of hydrogen-bond donors (Lipinski definition) is 0. The van der Waals surface area contributed by atoms with E-state index in [0.717, 1.165) is 12.0 Å². The fraction of sp³-hybridized carbons (Fsp3) is 0.300. The Balaban J connectivity index is 1.72. The van der Waals surface area contributed by atoms with Crippen molar-refractivity contribution in [1.82, 2.24) is 9.88 Å². The van der Waals surface area contributed by atoms with E-state index < -0.39 is 5.54 Å². The summed E-state index contributed by atoms with van der Waals surface area (Å²) >= 11 is 6.04. The molecule has 6 nitrogen and oxygen atoms in total. The van der Waals surface area contributed by atoms with Gasteiger partial charge in [0, 0.05) is 18.7 Å². The lowest BCUT2D eigenvalue weighted by Gasteiger charge is -2.28. The van der Waals surface area contributed by atoms with Crippen LogP contribution in [-0.2, 0) is 11.2 Å². The topological polar surface area (TPSA) is 77.3 Å². The second-order valence-corrected chi connectivity index (χ2v) is 7.37. The van der Waals surface area contributed by atoms with Gasteiger partial charge in [-0.25, -0.2) is 14.7 Å². The van der Waals surface area contributed by atoms with Crippen LogP contribution >= 0.6 is 11.6 Å². The molecule has 1 atom stereocenters. The van der Waals surface area contributed by atoms with Crippen LogP contribution < -0.4 is 4.90 Å². The van der Waals surface area contributed by atoms with Crippen molar-refractivity contribution in [2.45, 2.75) is 31.7 Å². The number of aromatic nitrogens is 1. The third-order valence-corrected chi connectivity index (χ3v) is 5.45. The van der Waals surface area contributed by atoms with Gasteiger partial charge in [0.15, 0.2) is 0 Å². The predicted octanol–water partition coefficient (Wildman–Crippen LogP) is 3.46. The number of hydrogen-bond acceptors (Lipinski definition) is 4. The largest absolute Gasteiger partial charge is 0.332 e. The summed E-state index contributed by atoms with van der Waals surface area (Å²) in [4.78, 5) is 33.5. The average Bonchev–Trinajstić information content (AvgIpc) is 3.13. The molecule has 0 aliphatic carbocycles. The number of rotatable bonds is 3. The van der Waals surface area contributed by atoms with E-state index in [0.29, 0.717) is 36.3 Å². The van der Waals surface area contributed by atoms with Gasteiger partial charge in [-0.05, 0) is 49.6 Å². The smallest absolute Gasteiger partial charge is 0.309 e. The molecule has 2 aliphatic rings. The number of urea groups is 1. The molecule has 3 amide bonds. The first-order valence-corrected chi connectivity index (χ1v) is 9.12. The fourth-order valence-corrected chi connectivity index (χ4v) is 4.30. The Labute approximate surface area is 162 Å². The number of aryl methyl sites for hydroxylation is 1. The van der Waals surface area contributed by atoms with E-state index in [2.05, 4.69) is 11.1 Å². The number of benzene rings is 1. The summed E-state index contributed by atoms with van der Waals surface area (Å²) in [6.45, 7) is 2.32. The first-order valence-electron chi connectivity index (χ1n) is 8.74. The highest BCUT2D eigenvalue weighted by atomic mass is 35.5. The zero-order chi connectivity index (χ0) is 19.2. The molecule has 0 bridgehead atoms. The lowest BCUT2D eigenvalue weighted by Crippen LogP contribution is -2.47. The zero-order valence-electron chi connectivity index (χ0n) is 14.8. The highest BCUT2D eigenvalue weighted by molar-refractivity contribution is 6.30. The second kappa shape index (κ2) is 6.36. The quantitative estimate of drug-likeness (QED) is 0.603. The molecule has 4 rings (SSSR count). The Morgan fingerprint density at radius 1 is 1.26 bits per heavy atom. The molecule has 1 aromatic carbocycles. The molecule has 7 heteroatoms. The molecule has 2 aliphatic heterocycles. The number of halogens is 1. The van der Waals surface area contributed by atoms with Crippen LogP contribution in [0.15, 0.2) is 36.4 Å². The van der Waals surface area contributed by atoms with Crippen molar-refractivity contribution in [2.24, 2.45) is 0 Å². The highest BCUT2D eigenvalue weighted by Crippen LogP contribution is 2.42. The number of nitrogens with zero attached hydrogens (tertiary/aromatic N) is 4. The van der Waals surface area contributed by atoms with Crippen molar-refractivity contribution in [3.63, 3.8) is 0 Å². The number of anilines is 1. The van der Waals surface area contributed by atoms with Crippen LogP contribution in [0.4, 0.5) is 10.5 Å². The molecule has 0 radical (unpaired) electrons. The Morgan fingerprint density at radius 3 is 2.67 bits per heavy atom. The molecule has 2 fully saturated rings. The number of nitriles is 1. The summed E-state index contributed by atoms with van der Waals surface area (Å²) in [6, 6.07) is 12.2. The zero-order valence-corrected chi connectivity index (χ0v) is 15.5. The summed E-state index contributed by atoms with van der Waals surface area (Å²) in [5.41, 5.74) is 1.71. The van der Waals surface area contributed by atoms with E-state index >= 15 is 0 Å². The van der Waals surface area contributed by atoms with Crippen LogP contribution in [0.25, 0.3) is 0 Å². The lowest BCUT2D eigenvalue weighted by atomic mass is 9.88. The normalized spacial score (nSPS) is 21.5. The van der Waals surface area contributed by atoms with Gasteiger partial charge in [0.05, 0.1) is 17.3 Å². The maximum absolute atomic E-state index is 13.4. The summed E-state index contributed by atoms with van der Waals surface area (Å²) < 4.78 is 0. The molecule has 0 N–H and O–H groups in total. The van der Waals surface area contributed by atoms with Crippen LogP contribution in [0.5, 0.6) is 0 Å². The van der Waals surface area contributed by atoms with E-state index in [9.17, 15) is 9.59 Å². The molecule has 2 aromatic rings. The van der Waals surface area contributed by atoms with Crippen molar-refractivity contribution < 1.29 is 9.59 Å². The van der Waals surface area contributed by atoms with Crippen molar-refractivity contribution in [2.75, 3.05) is 11.4 Å². The third kappa shape index (κ3) is 2.75. The van der Waals surface area contributed by atoms with Gasteiger partial charge >= 0.3 is 6.03 Å². The van der Waals surface area contributed by atoms with Gasteiger partial charge in [-0.1, -0.05) is 23.7 Å². The van der Waals surface area contributed by atoms with Crippen molar-refractivity contribution in [1.29, 1.82) is 5.26 Å². The maximum atomic E-state index is 13.4. The molecule has 136 valence electrons. The number of fused-ring (bicyclic) bond motifs is 1. The SMILES string of the molecule is Cc1cc(N2C(=O)N3CCCC3(Cc3ccc(C#N)cc3)C2=O)cc(Cl)n1. The highest BCUT2D eigenvalue weighted by Gasteiger charge is 2.59. The van der Waals surface area contributed by atoms with Gasteiger partial charge in [0.2, 0.25) is 0 Å². The minimum Gasteiger partial charge on any atom is -0.309 e. The van der Waals surface area contributed by atoms with Gasteiger partial charge in [0.25, 0.3) is 5.91 Å². The van der Waals surface area contributed by atoms with Crippen LogP contribution in [0.1, 0.15) is 29.7 Å². The Hall–Kier alpha value is -2.91. The van der Waals surface area contributed by atoms with E-state index in [-0.39, 0.29) is 17.1 Å². The average molecular weight is 381 g/mol. The van der Waals surface area contributed by atoms with Crippen LogP contribution in [0.2, 0.25) is 5.15 Å². The molecule has 3 heterocycles. The molecule has 1 aromatic heterocycles. The van der Waals surface area contributed by atoms with Crippen LogP contribution in [0, 0.1) is 18.3 Å². The number of amides is 3. The predicted molar refractivity (Wildman–Crippen MR) is 100 cm³/mol. The van der Waals surface area contributed by atoms with Crippen molar-refractivity contribution in [3.8, 4) is 6.07 Å². The molecule has 27 heavy (non-hydrogen) atoms. The van der Waals surface area contributed by atoms with E-state index in [1.54, 1.807) is 36.1 Å².